The largest absolute Gasteiger partial charge is 0.493 e. The monoisotopic (exact) mass is 1060 g/mol. The van der Waals surface area contributed by atoms with Gasteiger partial charge in [0.05, 0.1) is 25.6 Å². The molecule has 16 heteroatoms. The molecule has 2 aromatic carbocycles. The van der Waals surface area contributed by atoms with Crippen molar-refractivity contribution < 1.29 is 19.1 Å². The number of nitrogens with one attached hydrogen (secondary N) is 4. The number of hydrogen-bond acceptors (Lipinski definition) is 10. The molecule has 0 unspecified atom stereocenters. The van der Waals surface area contributed by atoms with Crippen LogP contribution < -0.4 is 20.1 Å². The Morgan fingerprint density at radius 2 is 0.974 bits per heavy atom. The number of nitrogens with zero attached hydrogens (tertiary/aromatic N) is 8. The lowest BCUT2D eigenvalue weighted by molar-refractivity contribution is -0.122. The second-order valence-electron chi connectivity index (χ2n) is 22.7. The lowest BCUT2D eigenvalue weighted by atomic mass is 9.87. The highest BCUT2D eigenvalue weighted by Gasteiger charge is 2.26. The summed E-state index contributed by atoms with van der Waals surface area (Å²) in [6.07, 6.45) is 21.6. The van der Waals surface area contributed by atoms with Crippen molar-refractivity contribution >= 4 is 44.9 Å². The van der Waals surface area contributed by atoms with Crippen LogP contribution in [0.3, 0.4) is 0 Å². The van der Waals surface area contributed by atoms with Crippen LogP contribution in [0.15, 0.2) is 73.6 Å². The number of benzene rings is 2. The predicted molar refractivity (Wildman–Crippen MR) is 311 cm³/mol. The van der Waals surface area contributed by atoms with Gasteiger partial charge in [-0.3, -0.25) is 9.59 Å². The maximum absolute atomic E-state index is 12.7. The Hall–Kier alpha value is -6.78. The zero-order chi connectivity index (χ0) is 54.1. The molecule has 10 rings (SSSR count). The number of pyridine rings is 2. The summed E-state index contributed by atoms with van der Waals surface area (Å²) >= 11 is 0. The summed E-state index contributed by atoms with van der Waals surface area (Å²) in [5, 5.41) is 17.7. The Labute approximate surface area is 459 Å². The number of aromatic amines is 2. The molecule has 2 amide bonds. The van der Waals surface area contributed by atoms with Gasteiger partial charge in [-0.25, -0.2) is 19.0 Å². The van der Waals surface area contributed by atoms with Crippen molar-refractivity contribution in [2.45, 2.75) is 141 Å². The van der Waals surface area contributed by atoms with Crippen molar-refractivity contribution in [2.24, 2.45) is 0 Å². The molecule has 78 heavy (non-hydrogen) atoms. The van der Waals surface area contributed by atoms with Gasteiger partial charge in [-0.05, 0) is 147 Å². The Kier molecular flexibility index (Phi) is 17.7. The van der Waals surface area contributed by atoms with E-state index in [1.54, 1.807) is 35.9 Å². The van der Waals surface area contributed by atoms with E-state index in [9.17, 15) is 9.59 Å². The number of H-pyrrole nitrogens is 2. The van der Waals surface area contributed by atoms with E-state index in [-0.39, 0.29) is 11.8 Å². The van der Waals surface area contributed by atoms with E-state index in [0.717, 1.165) is 137 Å². The van der Waals surface area contributed by atoms with E-state index in [2.05, 4.69) is 115 Å². The second-order valence-corrected chi connectivity index (χ2v) is 22.7. The third-order valence-electron chi connectivity index (χ3n) is 16.8. The van der Waals surface area contributed by atoms with Gasteiger partial charge in [0.25, 0.3) is 0 Å². The van der Waals surface area contributed by atoms with Gasteiger partial charge in [-0.2, -0.15) is 10.2 Å². The highest BCUT2D eigenvalue weighted by Crippen LogP contribution is 2.41. The first-order valence-electron chi connectivity index (χ1n) is 29.1. The van der Waals surface area contributed by atoms with Crippen molar-refractivity contribution in [1.29, 1.82) is 0 Å². The number of hydrogen-bond donors (Lipinski definition) is 4. The van der Waals surface area contributed by atoms with Gasteiger partial charge in [0.1, 0.15) is 12.7 Å². The van der Waals surface area contributed by atoms with Crippen LogP contribution in [0.5, 0.6) is 11.5 Å². The van der Waals surface area contributed by atoms with Crippen molar-refractivity contribution in [1.82, 2.24) is 59.6 Å². The van der Waals surface area contributed by atoms with Crippen molar-refractivity contribution in [2.75, 3.05) is 66.6 Å². The number of carbonyl (C=O) groups excluding carboxylic acids is 2. The molecule has 0 radical (unpaired) electrons. The Balaban J connectivity index is 0.550. The van der Waals surface area contributed by atoms with Crippen molar-refractivity contribution in [3.05, 3.63) is 95.8 Å². The Morgan fingerprint density at radius 3 is 1.36 bits per heavy atom. The minimum atomic E-state index is 0.173. The smallest absolute Gasteiger partial charge is 0.220 e. The van der Waals surface area contributed by atoms with E-state index in [1.165, 1.54) is 45.9 Å². The first-order valence-corrected chi connectivity index (χ1v) is 29.1. The van der Waals surface area contributed by atoms with Gasteiger partial charge in [0, 0.05) is 84.3 Å². The van der Waals surface area contributed by atoms with E-state index in [0.29, 0.717) is 72.4 Å². The molecule has 0 spiro atoms. The quantitative estimate of drug-likeness (QED) is 0.0403. The summed E-state index contributed by atoms with van der Waals surface area (Å²) in [6, 6.07) is 18.0. The molecule has 2 fully saturated rings. The number of rotatable bonds is 25. The zero-order valence-corrected chi connectivity index (χ0v) is 47.0. The van der Waals surface area contributed by atoms with E-state index in [1.807, 2.05) is 24.5 Å². The molecule has 4 N–H and O–H groups in total. The molecule has 0 bridgehead atoms. The van der Waals surface area contributed by atoms with Gasteiger partial charge in [0.15, 0.2) is 22.8 Å². The Bertz CT molecular complexity index is 3080. The number of likely N-dealkylation sites (tertiary alicyclic amines) is 2. The van der Waals surface area contributed by atoms with E-state index in [4.69, 9.17) is 9.47 Å². The van der Waals surface area contributed by atoms with Crippen LogP contribution in [0.1, 0.15) is 164 Å². The number of methoxy groups -OCH3 is 2. The number of piperidine rings is 2. The number of amides is 2. The standard InChI is InChI=1S/C62H82N12O4/c1-41(2)57-49-33-45(17-19-51(49)69-59(57)47-35-53(77-5)61-65-39-67-73(61)37-47)43-21-27-71(28-22-43)31-25-63-55(75)15-13-11-9-7-8-10-12-14-16-56(76)64-26-32-72-29-23-44(24-30-72)46-18-20-52-50(34-46)58(42(3)4)60(70-52)48-36-54(78-6)62-66-40-68-74(62)38-48/h17-20,33-44,69-70H,7-16,21-32H2,1-6H3,(H,63,75)(H,64,76). The first-order chi connectivity index (χ1) is 38.0. The summed E-state index contributed by atoms with van der Waals surface area (Å²) in [4.78, 5) is 46.5. The van der Waals surface area contributed by atoms with Crippen LogP contribution >= 0.6 is 0 Å². The number of unbranched alkanes of at least 4 members (excludes halogenated alkanes) is 7. The molecule has 2 saturated heterocycles. The highest BCUT2D eigenvalue weighted by molar-refractivity contribution is 5.93. The van der Waals surface area contributed by atoms with Crippen LogP contribution in [0.4, 0.5) is 0 Å². The minimum absolute atomic E-state index is 0.173. The molecular formula is C62H82N12O4. The number of fused-ring (bicyclic) bond motifs is 4. The van der Waals surface area contributed by atoms with E-state index < -0.39 is 0 Å². The molecule has 16 nitrogen and oxygen atoms in total. The predicted octanol–water partition coefficient (Wildman–Crippen LogP) is 11.5. The van der Waals surface area contributed by atoms with Crippen LogP contribution in [0, 0.1) is 0 Å². The maximum atomic E-state index is 12.7. The fourth-order valence-electron chi connectivity index (χ4n) is 12.5. The SMILES string of the molecule is COc1cc(-c2[nH]c3ccc(C4CCN(CCNC(=O)CCCCCCCCCCC(=O)NCCN5CCC(c6ccc7[nH]c(-c8cc(OC)c9ncnn9c8)c(C(C)C)c7c6)CC5)CC4)cc3c2C(C)C)cn2ncnc12. The molecule has 0 atom stereocenters. The van der Waals surface area contributed by atoms with Crippen molar-refractivity contribution in [3.63, 3.8) is 0 Å². The fraction of sp³-hybridized carbons (Fsp3) is 0.516. The zero-order valence-electron chi connectivity index (χ0n) is 47.0. The van der Waals surface area contributed by atoms with Gasteiger partial charge in [0.2, 0.25) is 11.8 Å². The number of carbonyl (C=O) groups is 2. The molecular weight excluding hydrogens is 977 g/mol. The van der Waals surface area contributed by atoms with Gasteiger partial charge in [-0.1, -0.05) is 78.4 Å². The highest BCUT2D eigenvalue weighted by atomic mass is 16.5. The topological polar surface area (TPSA) is 175 Å². The molecule has 414 valence electrons. The fourth-order valence-corrected chi connectivity index (χ4v) is 12.5. The third-order valence-corrected chi connectivity index (χ3v) is 16.8. The Morgan fingerprint density at radius 1 is 0.577 bits per heavy atom. The molecule has 8 aromatic rings. The lowest BCUT2D eigenvalue weighted by Gasteiger charge is -2.32. The maximum Gasteiger partial charge on any atom is 0.220 e. The molecule has 2 aliphatic rings. The summed E-state index contributed by atoms with van der Waals surface area (Å²) in [5.74, 6) is 3.43. The normalized spacial score (nSPS) is 15.2. The van der Waals surface area contributed by atoms with Gasteiger partial charge < -0.3 is 39.9 Å². The van der Waals surface area contributed by atoms with Crippen LogP contribution in [-0.4, -0.2) is 127 Å². The molecule has 8 heterocycles. The van der Waals surface area contributed by atoms with Crippen molar-refractivity contribution in [3.8, 4) is 34.0 Å². The van der Waals surface area contributed by atoms with Crippen LogP contribution in [-0.2, 0) is 9.59 Å². The second kappa shape index (κ2) is 25.3. The minimum Gasteiger partial charge on any atom is -0.493 e. The molecule has 0 saturated carbocycles. The van der Waals surface area contributed by atoms with Crippen LogP contribution in [0.25, 0.3) is 55.6 Å². The van der Waals surface area contributed by atoms with E-state index >= 15 is 0 Å². The average Bonchev–Trinajstić information content (AvgIpc) is 4.33. The number of ether oxygens (including phenoxy) is 2. The molecule has 0 aliphatic carbocycles. The summed E-state index contributed by atoms with van der Waals surface area (Å²) in [5.41, 5.74) is 13.4. The summed E-state index contributed by atoms with van der Waals surface area (Å²) in [6.45, 7) is 16.4. The first kappa shape index (κ1) is 54.6. The van der Waals surface area contributed by atoms with Crippen LogP contribution in [0.2, 0.25) is 0 Å². The summed E-state index contributed by atoms with van der Waals surface area (Å²) < 4.78 is 14.9. The summed E-state index contributed by atoms with van der Waals surface area (Å²) in [7, 11) is 3.35. The third kappa shape index (κ3) is 12.5. The lowest BCUT2D eigenvalue weighted by Crippen LogP contribution is -2.39. The average molecular weight is 1060 g/mol. The van der Waals surface area contributed by atoms with Gasteiger partial charge >= 0.3 is 0 Å². The van der Waals surface area contributed by atoms with Gasteiger partial charge in [-0.15, -0.1) is 0 Å². The molecule has 2 aliphatic heterocycles. The molecule has 6 aromatic heterocycles. The number of aromatic nitrogens is 8.